The summed E-state index contributed by atoms with van der Waals surface area (Å²) in [5.74, 6) is 0. The third-order valence-electron chi connectivity index (χ3n) is 3.08. The molecule has 1 atom stereocenters. The number of imidazole rings is 1. The van der Waals surface area contributed by atoms with Gasteiger partial charge in [0.15, 0.2) is 10.4 Å². The predicted octanol–water partition coefficient (Wildman–Crippen LogP) is 3.75. The van der Waals surface area contributed by atoms with E-state index < -0.39 is 0 Å². The van der Waals surface area contributed by atoms with Crippen molar-refractivity contribution in [2.45, 2.75) is 13.0 Å². The van der Waals surface area contributed by atoms with Gasteiger partial charge in [-0.3, -0.25) is 9.55 Å². The van der Waals surface area contributed by atoms with E-state index in [1.807, 2.05) is 29.0 Å². The van der Waals surface area contributed by atoms with Crippen molar-refractivity contribution < 1.29 is 0 Å². The molecule has 0 saturated heterocycles. The van der Waals surface area contributed by atoms with E-state index in [-0.39, 0.29) is 6.04 Å². The average molecular weight is 291 g/mol. The molecular weight excluding hydrogens is 280 g/mol. The van der Waals surface area contributed by atoms with Crippen molar-refractivity contribution in [2.75, 3.05) is 0 Å². The SMILES string of the molecule is CC(c1cccnc1)n1c(=S)[nH]c2cc(Cl)cnc21. The van der Waals surface area contributed by atoms with Gasteiger partial charge in [0.2, 0.25) is 0 Å². The molecule has 0 bridgehead atoms. The van der Waals surface area contributed by atoms with Gasteiger partial charge in [-0.25, -0.2) is 4.98 Å². The molecule has 0 aliphatic heterocycles. The van der Waals surface area contributed by atoms with Crippen LogP contribution in [0.4, 0.5) is 0 Å². The lowest BCUT2D eigenvalue weighted by atomic mass is 10.1. The van der Waals surface area contributed by atoms with Crippen molar-refractivity contribution in [1.82, 2.24) is 19.5 Å². The van der Waals surface area contributed by atoms with Crippen LogP contribution in [0.3, 0.4) is 0 Å². The normalized spacial score (nSPS) is 12.7. The molecule has 0 spiro atoms. The van der Waals surface area contributed by atoms with E-state index in [2.05, 4.69) is 21.9 Å². The van der Waals surface area contributed by atoms with Crippen LogP contribution < -0.4 is 0 Å². The maximum absolute atomic E-state index is 5.94. The smallest absolute Gasteiger partial charge is 0.179 e. The van der Waals surface area contributed by atoms with Crippen molar-refractivity contribution in [3.8, 4) is 0 Å². The largest absolute Gasteiger partial charge is 0.329 e. The second kappa shape index (κ2) is 4.75. The highest BCUT2D eigenvalue weighted by Crippen LogP contribution is 2.24. The molecule has 3 heterocycles. The molecular formula is C13H11ClN4S. The Hall–Kier alpha value is -1.72. The summed E-state index contributed by atoms with van der Waals surface area (Å²) in [7, 11) is 0. The fraction of sp³-hybridized carbons (Fsp3) is 0.154. The number of H-pyrrole nitrogens is 1. The maximum atomic E-state index is 5.94. The topological polar surface area (TPSA) is 46.5 Å². The lowest BCUT2D eigenvalue weighted by molar-refractivity contribution is 0.641. The van der Waals surface area contributed by atoms with Crippen LogP contribution in [0, 0.1) is 4.77 Å². The van der Waals surface area contributed by atoms with Crippen LogP contribution >= 0.6 is 23.8 Å². The van der Waals surface area contributed by atoms with Crippen molar-refractivity contribution in [2.24, 2.45) is 0 Å². The van der Waals surface area contributed by atoms with E-state index in [9.17, 15) is 0 Å². The highest BCUT2D eigenvalue weighted by molar-refractivity contribution is 7.71. The summed E-state index contributed by atoms with van der Waals surface area (Å²) in [6.45, 7) is 2.07. The lowest BCUT2D eigenvalue weighted by Crippen LogP contribution is -2.07. The summed E-state index contributed by atoms with van der Waals surface area (Å²) in [5.41, 5.74) is 2.72. The molecule has 0 aliphatic rings. The molecule has 19 heavy (non-hydrogen) atoms. The van der Waals surface area contributed by atoms with Crippen LogP contribution in [0.2, 0.25) is 5.02 Å². The highest BCUT2D eigenvalue weighted by atomic mass is 35.5. The molecule has 0 amide bonds. The van der Waals surface area contributed by atoms with E-state index in [1.165, 1.54) is 0 Å². The van der Waals surface area contributed by atoms with Gasteiger partial charge in [0, 0.05) is 18.6 Å². The summed E-state index contributed by atoms with van der Waals surface area (Å²) >= 11 is 11.3. The molecule has 96 valence electrons. The number of pyridine rings is 2. The monoisotopic (exact) mass is 290 g/mol. The number of halogens is 1. The number of hydrogen-bond donors (Lipinski definition) is 1. The van der Waals surface area contributed by atoms with Gasteiger partial charge in [-0.2, -0.15) is 0 Å². The number of aromatic amines is 1. The standard InChI is InChI=1S/C13H11ClN4S/c1-8(9-3-2-4-15-6-9)18-12-11(17-13(18)19)5-10(14)7-16-12/h2-8H,1H3,(H,17,19). The van der Waals surface area contributed by atoms with Crippen LogP contribution in [0.5, 0.6) is 0 Å². The third-order valence-corrected chi connectivity index (χ3v) is 3.58. The quantitative estimate of drug-likeness (QED) is 0.731. The Morgan fingerprint density at radius 2 is 2.26 bits per heavy atom. The molecule has 0 aromatic carbocycles. The Morgan fingerprint density at radius 1 is 1.42 bits per heavy atom. The minimum atomic E-state index is 0.0589. The van der Waals surface area contributed by atoms with Gasteiger partial charge in [0.05, 0.1) is 16.6 Å². The van der Waals surface area contributed by atoms with Crippen LogP contribution in [-0.2, 0) is 0 Å². The van der Waals surface area contributed by atoms with Gasteiger partial charge in [0.25, 0.3) is 0 Å². The molecule has 4 nitrogen and oxygen atoms in total. The number of hydrogen-bond acceptors (Lipinski definition) is 3. The van der Waals surface area contributed by atoms with Crippen molar-refractivity contribution in [1.29, 1.82) is 0 Å². The molecule has 3 aromatic heterocycles. The first-order chi connectivity index (χ1) is 9.16. The molecule has 0 fully saturated rings. The van der Waals surface area contributed by atoms with Gasteiger partial charge >= 0.3 is 0 Å². The number of fused-ring (bicyclic) bond motifs is 1. The van der Waals surface area contributed by atoms with Gasteiger partial charge in [-0.05, 0) is 36.8 Å². The Labute approximate surface area is 120 Å². The zero-order valence-electron chi connectivity index (χ0n) is 10.2. The molecule has 6 heteroatoms. The molecule has 0 radical (unpaired) electrons. The minimum absolute atomic E-state index is 0.0589. The van der Waals surface area contributed by atoms with Crippen LogP contribution in [-0.4, -0.2) is 19.5 Å². The first kappa shape index (κ1) is 12.3. The lowest BCUT2D eigenvalue weighted by Gasteiger charge is -2.13. The fourth-order valence-corrected chi connectivity index (χ4v) is 2.63. The number of nitrogens with one attached hydrogen (secondary N) is 1. The van der Waals surface area contributed by atoms with Crippen LogP contribution in [0.25, 0.3) is 11.2 Å². The highest BCUT2D eigenvalue weighted by Gasteiger charge is 2.14. The molecule has 1 N–H and O–H groups in total. The fourth-order valence-electron chi connectivity index (χ4n) is 2.12. The van der Waals surface area contributed by atoms with Gasteiger partial charge in [-0.1, -0.05) is 17.7 Å². The van der Waals surface area contributed by atoms with Gasteiger partial charge in [-0.15, -0.1) is 0 Å². The molecule has 1 unspecified atom stereocenters. The first-order valence-electron chi connectivity index (χ1n) is 5.82. The van der Waals surface area contributed by atoms with E-state index in [0.717, 1.165) is 16.7 Å². The van der Waals surface area contributed by atoms with Crippen molar-refractivity contribution in [3.63, 3.8) is 0 Å². The minimum Gasteiger partial charge on any atom is -0.329 e. The number of aromatic nitrogens is 4. The maximum Gasteiger partial charge on any atom is 0.179 e. The Bertz CT molecular complexity index is 778. The number of nitrogens with zero attached hydrogens (tertiary/aromatic N) is 3. The van der Waals surface area contributed by atoms with E-state index in [0.29, 0.717) is 9.79 Å². The molecule has 0 aliphatic carbocycles. The Morgan fingerprint density at radius 3 is 3.00 bits per heavy atom. The van der Waals surface area contributed by atoms with E-state index in [4.69, 9.17) is 23.8 Å². The zero-order valence-corrected chi connectivity index (χ0v) is 11.7. The van der Waals surface area contributed by atoms with Gasteiger partial charge in [0.1, 0.15) is 0 Å². The predicted molar refractivity (Wildman–Crippen MR) is 78.0 cm³/mol. The Kier molecular flexibility index (Phi) is 3.08. The second-order valence-corrected chi connectivity index (χ2v) is 5.11. The van der Waals surface area contributed by atoms with Crippen LogP contribution in [0.15, 0.2) is 36.8 Å². The van der Waals surface area contributed by atoms with Crippen molar-refractivity contribution >= 4 is 35.0 Å². The summed E-state index contributed by atoms with van der Waals surface area (Å²) < 4.78 is 2.60. The van der Waals surface area contributed by atoms with Gasteiger partial charge < -0.3 is 4.98 Å². The summed E-state index contributed by atoms with van der Waals surface area (Å²) in [4.78, 5) is 11.6. The third kappa shape index (κ3) is 2.15. The molecule has 3 rings (SSSR count). The summed E-state index contributed by atoms with van der Waals surface area (Å²) in [5, 5.41) is 0.588. The van der Waals surface area contributed by atoms with E-state index in [1.54, 1.807) is 12.4 Å². The zero-order chi connectivity index (χ0) is 13.4. The Balaban J connectivity index is 2.20. The second-order valence-electron chi connectivity index (χ2n) is 4.29. The molecule has 3 aromatic rings. The number of rotatable bonds is 2. The van der Waals surface area contributed by atoms with Crippen LogP contribution in [0.1, 0.15) is 18.5 Å². The van der Waals surface area contributed by atoms with Crippen molar-refractivity contribution in [3.05, 3.63) is 52.1 Å². The first-order valence-corrected chi connectivity index (χ1v) is 6.61. The average Bonchev–Trinajstić information content (AvgIpc) is 2.74. The summed E-state index contributed by atoms with van der Waals surface area (Å²) in [6, 6.07) is 5.82. The van der Waals surface area contributed by atoms with E-state index >= 15 is 0 Å². The molecule has 0 saturated carbocycles. The summed E-state index contributed by atoms with van der Waals surface area (Å²) in [6.07, 6.45) is 5.21.